The smallest absolute Gasteiger partial charge is 0.251 e. The molecule has 2 aromatic carbocycles. The molecule has 0 saturated carbocycles. The summed E-state index contributed by atoms with van der Waals surface area (Å²) in [6.07, 6.45) is 8.72. The Morgan fingerprint density at radius 1 is 0.964 bits per heavy atom. The molecule has 0 spiro atoms. The van der Waals surface area contributed by atoms with Crippen LogP contribution in [-0.4, -0.2) is 17.4 Å². The number of nitrogens with zero attached hydrogens (tertiary/aromatic N) is 1. The van der Waals surface area contributed by atoms with E-state index in [4.69, 9.17) is 0 Å². The maximum atomic E-state index is 12.6. The Hall–Kier alpha value is -2.94. The summed E-state index contributed by atoms with van der Waals surface area (Å²) in [6, 6.07) is 20.5. The molecule has 144 valence electrons. The third-order valence-electron chi connectivity index (χ3n) is 4.87. The van der Waals surface area contributed by atoms with Crippen molar-refractivity contribution in [3.63, 3.8) is 0 Å². The van der Waals surface area contributed by atoms with Crippen molar-refractivity contribution in [2.24, 2.45) is 0 Å². The summed E-state index contributed by atoms with van der Waals surface area (Å²) in [5, 5.41) is 3.06. The van der Waals surface area contributed by atoms with Crippen LogP contribution in [0.3, 0.4) is 0 Å². The minimum absolute atomic E-state index is 0.0124. The molecule has 3 aromatic rings. The fourth-order valence-electron chi connectivity index (χ4n) is 3.41. The Balaban J connectivity index is 1.56. The molecular weight excluding hydrogens is 344 g/mol. The SMILES string of the molecule is CCCc1cc(C(=O)NCCCCc2cccnc2)ccc1-c1ccccc1. The van der Waals surface area contributed by atoms with Gasteiger partial charge in [-0.2, -0.15) is 0 Å². The Labute approximate surface area is 167 Å². The van der Waals surface area contributed by atoms with E-state index >= 15 is 0 Å². The first kappa shape index (κ1) is 19.8. The van der Waals surface area contributed by atoms with Gasteiger partial charge in [-0.15, -0.1) is 0 Å². The van der Waals surface area contributed by atoms with E-state index in [1.807, 2.05) is 24.4 Å². The third kappa shape index (κ3) is 5.53. The van der Waals surface area contributed by atoms with Crippen LogP contribution in [0.2, 0.25) is 0 Å². The van der Waals surface area contributed by atoms with Gasteiger partial charge < -0.3 is 5.32 Å². The number of rotatable bonds is 9. The first-order valence-electron chi connectivity index (χ1n) is 10.1. The number of pyridine rings is 1. The van der Waals surface area contributed by atoms with Crippen LogP contribution in [0.1, 0.15) is 47.7 Å². The van der Waals surface area contributed by atoms with Crippen LogP contribution in [0.15, 0.2) is 73.1 Å². The number of amides is 1. The summed E-state index contributed by atoms with van der Waals surface area (Å²) in [4.78, 5) is 16.7. The third-order valence-corrected chi connectivity index (χ3v) is 4.87. The summed E-state index contributed by atoms with van der Waals surface area (Å²) in [5.41, 5.74) is 5.65. The summed E-state index contributed by atoms with van der Waals surface area (Å²) < 4.78 is 0. The highest BCUT2D eigenvalue weighted by molar-refractivity contribution is 5.95. The van der Waals surface area contributed by atoms with Gasteiger partial charge in [0.25, 0.3) is 5.91 Å². The zero-order valence-electron chi connectivity index (χ0n) is 16.5. The van der Waals surface area contributed by atoms with Gasteiger partial charge in [-0.25, -0.2) is 0 Å². The lowest BCUT2D eigenvalue weighted by Crippen LogP contribution is -2.24. The molecule has 0 atom stereocenters. The normalized spacial score (nSPS) is 10.6. The van der Waals surface area contributed by atoms with Crippen LogP contribution in [0.5, 0.6) is 0 Å². The van der Waals surface area contributed by atoms with Crippen molar-refractivity contribution in [1.29, 1.82) is 0 Å². The van der Waals surface area contributed by atoms with E-state index < -0.39 is 0 Å². The van der Waals surface area contributed by atoms with E-state index in [0.29, 0.717) is 6.54 Å². The molecular formula is C25H28N2O. The highest BCUT2D eigenvalue weighted by Crippen LogP contribution is 2.26. The first-order chi connectivity index (χ1) is 13.8. The Morgan fingerprint density at radius 2 is 1.82 bits per heavy atom. The fourth-order valence-corrected chi connectivity index (χ4v) is 3.41. The lowest BCUT2D eigenvalue weighted by Gasteiger charge is -2.12. The summed E-state index contributed by atoms with van der Waals surface area (Å²) >= 11 is 0. The average molecular weight is 373 g/mol. The van der Waals surface area contributed by atoms with Crippen molar-refractivity contribution in [1.82, 2.24) is 10.3 Å². The number of carbonyl (C=O) groups is 1. The molecule has 0 fully saturated rings. The number of nitrogens with one attached hydrogen (secondary N) is 1. The molecule has 1 heterocycles. The number of unbranched alkanes of at least 4 members (excludes halogenated alkanes) is 1. The molecule has 0 aliphatic heterocycles. The number of aryl methyl sites for hydroxylation is 2. The van der Waals surface area contributed by atoms with Crippen LogP contribution in [0.25, 0.3) is 11.1 Å². The van der Waals surface area contributed by atoms with Gasteiger partial charge in [-0.3, -0.25) is 9.78 Å². The number of hydrogen-bond donors (Lipinski definition) is 1. The standard InChI is InChI=1S/C25H28N2O/c1-2-9-22-18-23(14-15-24(22)21-12-4-3-5-13-21)25(28)27-17-7-6-10-20-11-8-16-26-19-20/h3-5,8,11-16,18-19H,2,6-7,9-10,17H2,1H3,(H,27,28). The quantitative estimate of drug-likeness (QED) is 0.507. The number of carbonyl (C=O) groups excluding carboxylic acids is 1. The fraction of sp³-hybridized carbons (Fsp3) is 0.280. The maximum absolute atomic E-state index is 12.6. The zero-order valence-corrected chi connectivity index (χ0v) is 16.5. The van der Waals surface area contributed by atoms with E-state index in [0.717, 1.165) is 37.7 Å². The zero-order chi connectivity index (χ0) is 19.6. The molecule has 28 heavy (non-hydrogen) atoms. The molecule has 3 heteroatoms. The van der Waals surface area contributed by atoms with Crippen molar-refractivity contribution in [2.75, 3.05) is 6.54 Å². The highest BCUT2D eigenvalue weighted by Gasteiger charge is 2.10. The topological polar surface area (TPSA) is 42.0 Å². The van der Waals surface area contributed by atoms with Gasteiger partial charge >= 0.3 is 0 Å². The Bertz CT molecular complexity index is 876. The van der Waals surface area contributed by atoms with Crippen LogP contribution in [0, 0.1) is 0 Å². The van der Waals surface area contributed by atoms with Crippen molar-refractivity contribution < 1.29 is 4.79 Å². The van der Waals surface area contributed by atoms with E-state index in [9.17, 15) is 4.79 Å². The molecule has 0 aliphatic rings. The number of benzene rings is 2. The second-order valence-corrected chi connectivity index (χ2v) is 7.06. The minimum Gasteiger partial charge on any atom is -0.352 e. The molecule has 1 N–H and O–H groups in total. The average Bonchev–Trinajstić information content (AvgIpc) is 2.75. The Kier molecular flexibility index (Phi) is 7.36. The van der Waals surface area contributed by atoms with E-state index in [1.54, 1.807) is 6.20 Å². The second-order valence-electron chi connectivity index (χ2n) is 7.06. The predicted octanol–water partition coefficient (Wildman–Crippen LogP) is 5.45. The summed E-state index contributed by atoms with van der Waals surface area (Å²) in [5.74, 6) is 0.0124. The van der Waals surface area contributed by atoms with E-state index in [2.05, 4.69) is 59.7 Å². The number of hydrogen-bond acceptors (Lipinski definition) is 2. The molecule has 0 saturated heterocycles. The minimum atomic E-state index is 0.0124. The lowest BCUT2D eigenvalue weighted by molar-refractivity contribution is 0.0953. The van der Waals surface area contributed by atoms with Crippen molar-refractivity contribution >= 4 is 5.91 Å². The molecule has 0 aliphatic carbocycles. The molecule has 0 bridgehead atoms. The number of aromatic nitrogens is 1. The lowest BCUT2D eigenvalue weighted by atomic mass is 9.94. The summed E-state index contributed by atoms with van der Waals surface area (Å²) in [7, 11) is 0. The molecule has 1 aromatic heterocycles. The van der Waals surface area contributed by atoms with Crippen LogP contribution < -0.4 is 5.32 Å². The van der Waals surface area contributed by atoms with Gasteiger partial charge in [0.15, 0.2) is 0 Å². The van der Waals surface area contributed by atoms with Crippen molar-refractivity contribution in [3.8, 4) is 11.1 Å². The monoisotopic (exact) mass is 372 g/mol. The van der Waals surface area contributed by atoms with E-state index in [-0.39, 0.29) is 5.91 Å². The van der Waals surface area contributed by atoms with Crippen molar-refractivity contribution in [3.05, 3.63) is 89.7 Å². The van der Waals surface area contributed by atoms with Gasteiger partial charge in [-0.1, -0.05) is 55.8 Å². The largest absolute Gasteiger partial charge is 0.352 e. The summed E-state index contributed by atoms with van der Waals surface area (Å²) in [6.45, 7) is 2.87. The molecule has 0 radical (unpaired) electrons. The van der Waals surface area contributed by atoms with Gasteiger partial charge in [-0.05, 0) is 66.1 Å². The maximum Gasteiger partial charge on any atom is 0.251 e. The Morgan fingerprint density at radius 3 is 2.57 bits per heavy atom. The molecule has 1 amide bonds. The van der Waals surface area contributed by atoms with Crippen LogP contribution in [-0.2, 0) is 12.8 Å². The van der Waals surface area contributed by atoms with Gasteiger partial charge in [0.2, 0.25) is 0 Å². The van der Waals surface area contributed by atoms with Gasteiger partial charge in [0.1, 0.15) is 0 Å². The van der Waals surface area contributed by atoms with Gasteiger partial charge in [0, 0.05) is 24.5 Å². The predicted molar refractivity (Wildman–Crippen MR) is 115 cm³/mol. The van der Waals surface area contributed by atoms with Crippen LogP contribution in [0.4, 0.5) is 0 Å². The molecule has 3 nitrogen and oxygen atoms in total. The van der Waals surface area contributed by atoms with Crippen molar-refractivity contribution in [2.45, 2.75) is 39.0 Å². The molecule has 0 unspecified atom stereocenters. The van der Waals surface area contributed by atoms with Gasteiger partial charge in [0.05, 0.1) is 0 Å². The molecule has 3 rings (SSSR count). The van der Waals surface area contributed by atoms with Crippen LogP contribution >= 0.6 is 0 Å². The highest BCUT2D eigenvalue weighted by atomic mass is 16.1. The van der Waals surface area contributed by atoms with E-state index in [1.165, 1.54) is 22.3 Å². The second kappa shape index (κ2) is 10.4. The first-order valence-corrected chi connectivity index (χ1v) is 10.1.